The molecular weight excluding hydrogens is 408 g/mol. The largest absolute Gasteiger partial charge is 0.504 e. The molecule has 164 valence electrons. The molecule has 5 rings (SSSR count). The van der Waals surface area contributed by atoms with Crippen LogP contribution in [0.1, 0.15) is 47.1 Å². The minimum absolute atomic E-state index is 0.0489. The number of fused-ring (bicyclic) bond motifs is 1. The first-order chi connectivity index (χ1) is 15.5. The van der Waals surface area contributed by atoms with Crippen molar-refractivity contribution >= 4 is 11.7 Å². The predicted octanol–water partition coefficient (Wildman–Crippen LogP) is 4.66. The van der Waals surface area contributed by atoms with E-state index in [1.807, 2.05) is 37.3 Å². The van der Waals surface area contributed by atoms with Crippen molar-refractivity contribution < 1.29 is 23.9 Å². The van der Waals surface area contributed by atoms with Gasteiger partial charge in [-0.3, -0.25) is 4.79 Å². The van der Waals surface area contributed by atoms with Gasteiger partial charge in [-0.05, 0) is 43.0 Å². The van der Waals surface area contributed by atoms with E-state index in [4.69, 9.17) is 14.0 Å². The molecule has 0 spiro atoms. The summed E-state index contributed by atoms with van der Waals surface area (Å²) in [5.41, 5.74) is 5.03. The lowest BCUT2D eigenvalue weighted by Crippen LogP contribution is -2.29. The number of rotatable bonds is 4. The molecule has 1 aliphatic heterocycles. The number of phenolic OH excluding ortho intramolecular Hbond substituents is 1. The minimum Gasteiger partial charge on any atom is -0.504 e. The molecule has 0 amide bonds. The Morgan fingerprint density at radius 2 is 1.88 bits per heavy atom. The van der Waals surface area contributed by atoms with Crippen molar-refractivity contribution in [1.82, 2.24) is 5.16 Å². The molecule has 0 saturated carbocycles. The summed E-state index contributed by atoms with van der Waals surface area (Å²) in [6.45, 7) is 1.89. The first-order valence-corrected chi connectivity index (χ1v) is 10.5. The molecule has 0 saturated heterocycles. The number of carbonyl (C=O) groups is 1. The van der Waals surface area contributed by atoms with Crippen molar-refractivity contribution in [2.75, 3.05) is 19.5 Å². The number of carbonyl (C=O) groups excluding carboxylic acids is 1. The van der Waals surface area contributed by atoms with Gasteiger partial charge in [-0.1, -0.05) is 29.4 Å². The van der Waals surface area contributed by atoms with Gasteiger partial charge in [0.2, 0.25) is 5.88 Å². The number of ether oxygens (including phenoxy) is 2. The summed E-state index contributed by atoms with van der Waals surface area (Å²) in [7, 11) is 3.15. The number of para-hydroxylation sites is 1. The fourth-order valence-electron chi connectivity index (χ4n) is 4.87. The van der Waals surface area contributed by atoms with Gasteiger partial charge in [-0.25, -0.2) is 0 Å². The molecule has 1 aromatic heterocycles. The summed E-state index contributed by atoms with van der Waals surface area (Å²) in [6.07, 6.45) is 0.986. The lowest BCUT2D eigenvalue weighted by Gasteiger charge is -2.35. The van der Waals surface area contributed by atoms with Crippen molar-refractivity contribution in [3.8, 4) is 17.2 Å². The number of anilines is 1. The highest BCUT2D eigenvalue weighted by atomic mass is 16.5. The van der Waals surface area contributed by atoms with Gasteiger partial charge in [-0.2, -0.15) is 0 Å². The Morgan fingerprint density at radius 3 is 2.66 bits per heavy atom. The van der Waals surface area contributed by atoms with Crippen LogP contribution >= 0.6 is 0 Å². The zero-order chi connectivity index (χ0) is 22.4. The summed E-state index contributed by atoms with van der Waals surface area (Å²) in [5.74, 6) is 1.46. The van der Waals surface area contributed by atoms with Gasteiger partial charge in [0.25, 0.3) is 0 Å². The van der Waals surface area contributed by atoms with Gasteiger partial charge in [-0.15, -0.1) is 0 Å². The van der Waals surface area contributed by atoms with Crippen LogP contribution < -0.4 is 14.8 Å². The van der Waals surface area contributed by atoms with E-state index in [0.717, 1.165) is 39.4 Å². The molecular formula is C25H24N2O5. The van der Waals surface area contributed by atoms with Crippen LogP contribution in [0.2, 0.25) is 0 Å². The molecule has 2 atom stereocenters. The van der Waals surface area contributed by atoms with Crippen LogP contribution in [0.5, 0.6) is 17.2 Å². The summed E-state index contributed by atoms with van der Waals surface area (Å²) >= 11 is 0. The molecule has 2 aromatic carbocycles. The van der Waals surface area contributed by atoms with Gasteiger partial charge in [0.15, 0.2) is 17.3 Å². The SMILES string of the molecule is COc1cc([C@@H]2CC(=O)C3=C(C2)Nc2onc(C)c2[C@H]3c2ccccc2OC)ccc1O. The topological polar surface area (TPSA) is 93.8 Å². The van der Waals surface area contributed by atoms with E-state index >= 15 is 0 Å². The third kappa shape index (κ3) is 3.12. The molecule has 7 nitrogen and oxygen atoms in total. The van der Waals surface area contributed by atoms with Crippen LogP contribution in [-0.4, -0.2) is 30.3 Å². The van der Waals surface area contributed by atoms with Crippen LogP contribution in [0.25, 0.3) is 0 Å². The summed E-state index contributed by atoms with van der Waals surface area (Å²) < 4.78 is 16.5. The number of nitrogens with zero attached hydrogens (tertiary/aromatic N) is 1. The molecule has 1 aliphatic carbocycles. The second-order valence-electron chi connectivity index (χ2n) is 8.16. The third-order valence-corrected chi connectivity index (χ3v) is 6.38. The number of aryl methyl sites for hydroxylation is 1. The average molecular weight is 432 g/mol. The van der Waals surface area contributed by atoms with E-state index in [1.54, 1.807) is 19.2 Å². The molecule has 32 heavy (non-hydrogen) atoms. The Balaban J connectivity index is 1.62. The number of phenols is 1. The van der Waals surface area contributed by atoms with Crippen molar-refractivity contribution in [2.24, 2.45) is 0 Å². The molecule has 7 heteroatoms. The van der Waals surface area contributed by atoms with Gasteiger partial charge in [0, 0.05) is 23.3 Å². The Kier molecular flexibility index (Phi) is 4.89. The van der Waals surface area contributed by atoms with E-state index in [1.165, 1.54) is 7.11 Å². The first-order valence-electron chi connectivity index (χ1n) is 10.5. The standard InChI is InChI=1S/C25H24N2O5/c1-13-22-23(16-6-4-5-7-20(16)30-2)24-17(26-25(22)32-27-13)10-15(11-19(24)29)14-8-9-18(28)21(12-14)31-3/h4-9,12,15,23,26,28H,10-11H2,1-3H3/t15-,23+/m0/s1. The van der Waals surface area contributed by atoms with Crippen molar-refractivity contribution in [3.63, 3.8) is 0 Å². The number of benzene rings is 2. The molecule has 0 unspecified atom stereocenters. The molecule has 2 aliphatic rings. The van der Waals surface area contributed by atoms with Gasteiger partial charge >= 0.3 is 0 Å². The predicted molar refractivity (Wildman–Crippen MR) is 118 cm³/mol. The Bertz CT molecular complexity index is 1240. The fraction of sp³-hybridized carbons (Fsp3) is 0.280. The molecule has 2 heterocycles. The highest BCUT2D eigenvalue weighted by molar-refractivity contribution is 6.01. The third-order valence-electron chi connectivity index (χ3n) is 6.38. The second kappa shape index (κ2) is 7.75. The molecule has 0 radical (unpaired) electrons. The van der Waals surface area contributed by atoms with Crippen LogP contribution in [-0.2, 0) is 4.79 Å². The lowest BCUT2D eigenvalue weighted by atomic mass is 9.72. The number of aromatic nitrogens is 1. The van der Waals surface area contributed by atoms with Gasteiger partial charge < -0.3 is 24.4 Å². The first kappa shape index (κ1) is 20.2. The van der Waals surface area contributed by atoms with Crippen molar-refractivity contribution in [1.29, 1.82) is 0 Å². The zero-order valence-corrected chi connectivity index (χ0v) is 18.1. The number of Topliss-reactive ketones (excluding diaryl/α,β-unsaturated/α-hetero) is 1. The van der Waals surface area contributed by atoms with Crippen LogP contribution in [0.3, 0.4) is 0 Å². The second-order valence-corrected chi connectivity index (χ2v) is 8.16. The Morgan fingerprint density at radius 1 is 1.09 bits per heavy atom. The van der Waals surface area contributed by atoms with Gasteiger partial charge in [0.05, 0.1) is 31.4 Å². The van der Waals surface area contributed by atoms with Crippen LogP contribution in [0.4, 0.5) is 5.88 Å². The maximum absolute atomic E-state index is 13.6. The van der Waals surface area contributed by atoms with Crippen molar-refractivity contribution in [2.45, 2.75) is 31.6 Å². The molecule has 2 N–H and O–H groups in total. The van der Waals surface area contributed by atoms with E-state index in [2.05, 4.69) is 10.5 Å². The number of aromatic hydroxyl groups is 1. The van der Waals surface area contributed by atoms with Crippen LogP contribution in [0, 0.1) is 6.92 Å². The number of ketones is 1. The summed E-state index contributed by atoms with van der Waals surface area (Å²) in [5, 5.41) is 17.4. The number of nitrogens with one attached hydrogen (secondary N) is 1. The zero-order valence-electron chi connectivity index (χ0n) is 18.1. The highest BCUT2D eigenvalue weighted by Gasteiger charge is 2.42. The number of hydrogen-bond acceptors (Lipinski definition) is 7. The van der Waals surface area contributed by atoms with E-state index in [0.29, 0.717) is 24.5 Å². The molecule has 0 fully saturated rings. The average Bonchev–Trinajstić information content (AvgIpc) is 3.18. The summed E-state index contributed by atoms with van der Waals surface area (Å²) in [6, 6.07) is 13.0. The smallest absolute Gasteiger partial charge is 0.233 e. The molecule has 0 bridgehead atoms. The van der Waals surface area contributed by atoms with E-state index in [9.17, 15) is 9.90 Å². The van der Waals surface area contributed by atoms with Gasteiger partial charge in [0.1, 0.15) is 5.75 Å². The van der Waals surface area contributed by atoms with E-state index in [-0.39, 0.29) is 23.4 Å². The number of allylic oxidation sites excluding steroid dienone is 2. The number of hydrogen-bond donors (Lipinski definition) is 2. The van der Waals surface area contributed by atoms with Crippen LogP contribution in [0.15, 0.2) is 58.3 Å². The monoisotopic (exact) mass is 432 g/mol. The Hall–Kier alpha value is -3.74. The van der Waals surface area contributed by atoms with Crippen molar-refractivity contribution in [3.05, 3.63) is 76.1 Å². The maximum atomic E-state index is 13.6. The molecule has 3 aromatic rings. The maximum Gasteiger partial charge on any atom is 0.233 e. The Labute approximate surface area is 185 Å². The fourth-order valence-corrected chi connectivity index (χ4v) is 4.87. The quantitative estimate of drug-likeness (QED) is 0.619. The lowest BCUT2D eigenvalue weighted by molar-refractivity contribution is -0.116. The summed E-state index contributed by atoms with van der Waals surface area (Å²) in [4.78, 5) is 13.6. The highest BCUT2D eigenvalue weighted by Crippen LogP contribution is 2.50. The minimum atomic E-state index is -0.313. The normalized spacial score (nSPS) is 19.8. The van der Waals surface area contributed by atoms with E-state index < -0.39 is 0 Å². The number of methoxy groups -OCH3 is 2.